The monoisotopic (exact) mass is 251 g/mol. The molecule has 0 amide bonds. The summed E-state index contributed by atoms with van der Waals surface area (Å²) in [5.74, 6) is 3.60. The summed E-state index contributed by atoms with van der Waals surface area (Å²) >= 11 is 2.13. The van der Waals surface area contributed by atoms with Crippen LogP contribution in [0.1, 0.15) is 19.3 Å². The molecule has 0 saturated carbocycles. The second kappa shape index (κ2) is 5.44. The molecule has 94 valence electrons. The van der Waals surface area contributed by atoms with Crippen molar-refractivity contribution in [3.05, 3.63) is 18.7 Å². The summed E-state index contributed by atoms with van der Waals surface area (Å²) in [4.78, 5) is 6.84. The van der Waals surface area contributed by atoms with Crippen LogP contribution < -0.4 is 0 Å². The van der Waals surface area contributed by atoms with Gasteiger partial charge in [0.05, 0.1) is 6.33 Å². The van der Waals surface area contributed by atoms with Gasteiger partial charge in [0.25, 0.3) is 0 Å². The Morgan fingerprint density at radius 2 is 2.12 bits per heavy atom. The Morgan fingerprint density at radius 1 is 1.24 bits per heavy atom. The van der Waals surface area contributed by atoms with Crippen LogP contribution in [0.2, 0.25) is 0 Å². The fraction of sp³-hybridized carbons (Fsp3) is 0.769. The van der Waals surface area contributed by atoms with Crippen molar-refractivity contribution in [2.45, 2.75) is 31.8 Å². The summed E-state index contributed by atoms with van der Waals surface area (Å²) in [7, 11) is 0. The normalized spacial score (nSPS) is 27.6. The van der Waals surface area contributed by atoms with Crippen molar-refractivity contribution < 1.29 is 0 Å². The lowest BCUT2D eigenvalue weighted by Crippen LogP contribution is -2.42. The van der Waals surface area contributed by atoms with E-state index in [0.29, 0.717) is 0 Å². The SMILES string of the molecule is c1cn(CC2CCN([C@H]3CCSC3)CC2)cn1. The molecular weight excluding hydrogens is 230 g/mol. The maximum atomic E-state index is 4.12. The molecule has 0 radical (unpaired) electrons. The molecule has 0 aromatic carbocycles. The van der Waals surface area contributed by atoms with E-state index in [9.17, 15) is 0 Å². The zero-order valence-electron chi connectivity index (χ0n) is 10.3. The molecule has 3 nitrogen and oxygen atoms in total. The molecule has 3 heterocycles. The average Bonchev–Trinajstić information content (AvgIpc) is 3.01. The molecule has 0 spiro atoms. The minimum absolute atomic E-state index is 0.856. The third kappa shape index (κ3) is 2.86. The van der Waals surface area contributed by atoms with E-state index in [0.717, 1.165) is 18.5 Å². The summed E-state index contributed by atoms with van der Waals surface area (Å²) in [6.07, 6.45) is 10.0. The van der Waals surface area contributed by atoms with E-state index in [1.807, 2.05) is 12.5 Å². The van der Waals surface area contributed by atoms with Gasteiger partial charge in [0.15, 0.2) is 0 Å². The van der Waals surface area contributed by atoms with Crippen LogP contribution in [0.3, 0.4) is 0 Å². The van der Waals surface area contributed by atoms with Crippen molar-refractivity contribution in [3.63, 3.8) is 0 Å². The Labute approximate surface area is 108 Å². The number of hydrogen-bond acceptors (Lipinski definition) is 3. The zero-order chi connectivity index (χ0) is 11.5. The van der Waals surface area contributed by atoms with Gasteiger partial charge in [0.1, 0.15) is 0 Å². The molecule has 0 unspecified atom stereocenters. The van der Waals surface area contributed by atoms with E-state index in [2.05, 4.69) is 32.4 Å². The van der Waals surface area contributed by atoms with Crippen molar-refractivity contribution in [1.29, 1.82) is 0 Å². The first-order valence-electron chi connectivity index (χ1n) is 6.69. The summed E-state index contributed by atoms with van der Waals surface area (Å²) in [6.45, 7) is 3.78. The minimum Gasteiger partial charge on any atom is -0.337 e. The molecule has 4 heteroatoms. The third-order valence-electron chi connectivity index (χ3n) is 4.10. The van der Waals surface area contributed by atoms with Crippen LogP contribution >= 0.6 is 11.8 Å². The first-order chi connectivity index (χ1) is 8.42. The van der Waals surface area contributed by atoms with Gasteiger partial charge in [-0.25, -0.2) is 4.98 Å². The molecular formula is C13H21N3S. The van der Waals surface area contributed by atoms with Gasteiger partial charge in [-0.05, 0) is 44.0 Å². The molecule has 2 aliphatic heterocycles. The van der Waals surface area contributed by atoms with Crippen molar-refractivity contribution in [2.75, 3.05) is 24.6 Å². The van der Waals surface area contributed by atoms with Gasteiger partial charge in [0.2, 0.25) is 0 Å². The Hall–Kier alpha value is -0.480. The molecule has 0 N–H and O–H groups in total. The number of hydrogen-bond donors (Lipinski definition) is 0. The third-order valence-corrected chi connectivity index (χ3v) is 5.24. The Bertz CT molecular complexity index is 324. The smallest absolute Gasteiger partial charge is 0.0945 e. The highest BCUT2D eigenvalue weighted by atomic mass is 32.2. The molecule has 0 bridgehead atoms. The van der Waals surface area contributed by atoms with Gasteiger partial charge in [-0.3, -0.25) is 4.90 Å². The van der Waals surface area contributed by atoms with E-state index in [4.69, 9.17) is 0 Å². The predicted octanol–water partition coefficient (Wildman–Crippen LogP) is 2.10. The number of piperidine rings is 1. The highest BCUT2D eigenvalue weighted by Gasteiger charge is 2.27. The fourth-order valence-electron chi connectivity index (χ4n) is 3.00. The lowest BCUT2D eigenvalue weighted by atomic mass is 9.95. The first kappa shape index (κ1) is 11.6. The molecule has 1 aromatic rings. The van der Waals surface area contributed by atoms with E-state index in [-0.39, 0.29) is 0 Å². The molecule has 2 aliphatic rings. The Balaban J connectivity index is 1.47. The molecule has 3 rings (SSSR count). The summed E-state index contributed by atoms with van der Waals surface area (Å²) < 4.78 is 2.23. The highest BCUT2D eigenvalue weighted by Crippen LogP contribution is 2.27. The van der Waals surface area contributed by atoms with E-state index in [1.54, 1.807) is 0 Å². The number of aromatic nitrogens is 2. The molecule has 1 aromatic heterocycles. The van der Waals surface area contributed by atoms with Crippen molar-refractivity contribution in [2.24, 2.45) is 5.92 Å². The van der Waals surface area contributed by atoms with Crippen molar-refractivity contribution in [1.82, 2.24) is 14.5 Å². The lowest BCUT2D eigenvalue weighted by molar-refractivity contribution is 0.136. The van der Waals surface area contributed by atoms with Crippen LogP contribution in [0, 0.1) is 5.92 Å². The Kier molecular flexibility index (Phi) is 3.71. The van der Waals surface area contributed by atoms with E-state index < -0.39 is 0 Å². The topological polar surface area (TPSA) is 21.1 Å². The molecule has 1 atom stereocenters. The molecule has 2 fully saturated rings. The van der Waals surface area contributed by atoms with Crippen LogP contribution in [0.15, 0.2) is 18.7 Å². The van der Waals surface area contributed by atoms with Gasteiger partial charge in [-0.2, -0.15) is 11.8 Å². The minimum atomic E-state index is 0.856. The van der Waals surface area contributed by atoms with Crippen LogP contribution in [0.5, 0.6) is 0 Å². The summed E-state index contributed by atoms with van der Waals surface area (Å²) in [5, 5.41) is 0. The second-order valence-electron chi connectivity index (χ2n) is 5.26. The molecule has 0 aliphatic carbocycles. The standard InChI is InChI=1S/C13H21N3S/c1-5-16(13-3-8-17-10-13)6-2-12(1)9-15-7-4-14-11-15/h4,7,11-13H,1-3,5-6,8-10H2/t13-/m0/s1. The second-order valence-corrected chi connectivity index (χ2v) is 6.41. The molecule has 17 heavy (non-hydrogen) atoms. The van der Waals surface area contributed by atoms with Crippen LogP contribution in [0.25, 0.3) is 0 Å². The average molecular weight is 251 g/mol. The van der Waals surface area contributed by atoms with Crippen LogP contribution in [-0.4, -0.2) is 45.1 Å². The number of nitrogens with zero attached hydrogens (tertiary/aromatic N) is 3. The van der Waals surface area contributed by atoms with Crippen LogP contribution in [-0.2, 0) is 6.54 Å². The summed E-state index contributed by atoms with van der Waals surface area (Å²) in [5.41, 5.74) is 0. The van der Waals surface area contributed by atoms with Gasteiger partial charge >= 0.3 is 0 Å². The van der Waals surface area contributed by atoms with E-state index in [1.165, 1.54) is 43.9 Å². The largest absolute Gasteiger partial charge is 0.337 e. The lowest BCUT2D eigenvalue weighted by Gasteiger charge is -2.35. The fourth-order valence-corrected chi connectivity index (χ4v) is 4.26. The van der Waals surface area contributed by atoms with Crippen molar-refractivity contribution >= 4 is 11.8 Å². The number of imidazole rings is 1. The maximum Gasteiger partial charge on any atom is 0.0945 e. The van der Waals surface area contributed by atoms with Crippen molar-refractivity contribution in [3.8, 4) is 0 Å². The number of rotatable bonds is 3. The van der Waals surface area contributed by atoms with Gasteiger partial charge in [0, 0.05) is 30.7 Å². The first-order valence-corrected chi connectivity index (χ1v) is 7.85. The predicted molar refractivity (Wildman–Crippen MR) is 72.3 cm³/mol. The zero-order valence-corrected chi connectivity index (χ0v) is 11.1. The van der Waals surface area contributed by atoms with Gasteiger partial charge in [-0.15, -0.1) is 0 Å². The van der Waals surface area contributed by atoms with Crippen LogP contribution in [0.4, 0.5) is 0 Å². The Morgan fingerprint density at radius 3 is 2.76 bits per heavy atom. The quantitative estimate of drug-likeness (QED) is 0.821. The number of thioether (sulfide) groups is 1. The van der Waals surface area contributed by atoms with Gasteiger partial charge < -0.3 is 4.57 Å². The highest BCUT2D eigenvalue weighted by molar-refractivity contribution is 7.99. The maximum absolute atomic E-state index is 4.12. The number of likely N-dealkylation sites (tertiary alicyclic amines) is 1. The van der Waals surface area contributed by atoms with Gasteiger partial charge in [-0.1, -0.05) is 0 Å². The molecule has 2 saturated heterocycles. The summed E-state index contributed by atoms with van der Waals surface area (Å²) in [6, 6.07) is 0.884. The van der Waals surface area contributed by atoms with E-state index >= 15 is 0 Å².